The van der Waals surface area contributed by atoms with Crippen LogP contribution >= 0.6 is 0 Å². The number of hydrogen-bond donors (Lipinski definition) is 3. The van der Waals surface area contributed by atoms with Gasteiger partial charge in [-0.05, 0) is 44.9 Å². The second-order valence-corrected chi connectivity index (χ2v) is 6.25. The summed E-state index contributed by atoms with van der Waals surface area (Å²) in [5.74, 6) is -1.15. The van der Waals surface area contributed by atoms with Crippen LogP contribution in [-0.2, 0) is 9.59 Å². The molecule has 0 bridgehead atoms. The topological polar surface area (TPSA) is 101 Å². The third-order valence-electron chi connectivity index (χ3n) is 4.13. The number of carboxylic acids is 1. The Kier molecular flexibility index (Phi) is 13.4. The van der Waals surface area contributed by atoms with Crippen molar-refractivity contribution in [2.45, 2.75) is 83.2 Å². The Morgan fingerprint density at radius 3 is 2.17 bits per heavy atom. The van der Waals surface area contributed by atoms with E-state index in [1.54, 1.807) is 0 Å². The molecule has 0 aromatic heterocycles. The first-order chi connectivity index (χ1) is 11.0. The van der Waals surface area contributed by atoms with Crippen LogP contribution in [0.15, 0.2) is 12.7 Å². The SMILES string of the molecule is C=CCCCC(O)CCCC(CCCCCCC(=O)O)C(N)=O. The van der Waals surface area contributed by atoms with Crippen LogP contribution in [0.1, 0.15) is 77.0 Å². The van der Waals surface area contributed by atoms with Gasteiger partial charge in [0.25, 0.3) is 0 Å². The molecule has 0 aromatic carbocycles. The van der Waals surface area contributed by atoms with E-state index in [1.807, 2.05) is 6.08 Å². The van der Waals surface area contributed by atoms with E-state index in [0.29, 0.717) is 12.8 Å². The standard InChI is InChI=1S/C18H33NO4/c1-2-3-6-12-16(20)13-9-11-15(18(19)23)10-7-4-5-8-14-17(21)22/h2,15-16,20H,1,3-14H2,(H2,19,23)(H,21,22). The molecule has 0 rings (SSSR count). The van der Waals surface area contributed by atoms with E-state index < -0.39 is 5.97 Å². The molecular formula is C18H33NO4. The summed E-state index contributed by atoms with van der Waals surface area (Å²) in [5.41, 5.74) is 5.44. The summed E-state index contributed by atoms with van der Waals surface area (Å²) < 4.78 is 0. The molecular weight excluding hydrogens is 294 g/mol. The molecule has 4 N–H and O–H groups in total. The summed E-state index contributed by atoms with van der Waals surface area (Å²) in [7, 11) is 0. The first-order valence-electron chi connectivity index (χ1n) is 8.77. The Morgan fingerprint density at radius 2 is 1.57 bits per heavy atom. The van der Waals surface area contributed by atoms with Crippen LogP contribution in [0.2, 0.25) is 0 Å². The summed E-state index contributed by atoms with van der Waals surface area (Å²) >= 11 is 0. The van der Waals surface area contributed by atoms with Crippen LogP contribution in [0.5, 0.6) is 0 Å². The Balaban J connectivity index is 3.75. The van der Waals surface area contributed by atoms with E-state index in [0.717, 1.165) is 57.8 Å². The zero-order chi connectivity index (χ0) is 17.5. The van der Waals surface area contributed by atoms with Gasteiger partial charge in [-0.25, -0.2) is 0 Å². The number of hydrogen-bond acceptors (Lipinski definition) is 3. The van der Waals surface area contributed by atoms with Gasteiger partial charge in [-0.1, -0.05) is 31.8 Å². The van der Waals surface area contributed by atoms with Gasteiger partial charge in [-0.2, -0.15) is 0 Å². The minimum atomic E-state index is -0.758. The zero-order valence-electron chi connectivity index (χ0n) is 14.2. The van der Waals surface area contributed by atoms with E-state index in [1.165, 1.54) is 0 Å². The highest BCUT2D eigenvalue weighted by molar-refractivity contribution is 5.76. The molecule has 1 amide bonds. The van der Waals surface area contributed by atoms with Gasteiger partial charge in [-0.3, -0.25) is 9.59 Å². The molecule has 0 aromatic rings. The number of carboxylic acid groups (broad SMARTS) is 1. The average Bonchev–Trinajstić information content (AvgIpc) is 2.48. The fourth-order valence-corrected chi connectivity index (χ4v) is 2.69. The number of nitrogens with two attached hydrogens (primary N) is 1. The Morgan fingerprint density at radius 1 is 0.957 bits per heavy atom. The van der Waals surface area contributed by atoms with E-state index in [4.69, 9.17) is 10.8 Å². The van der Waals surface area contributed by atoms with Crippen molar-refractivity contribution in [1.29, 1.82) is 0 Å². The van der Waals surface area contributed by atoms with Crippen molar-refractivity contribution < 1.29 is 19.8 Å². The van der Waals surface area contributed by atoms with Crippen molar-refractivity contribution in [2.24, 2.45) is 11.7 Å². The maximum absolute atomic E-state index is 11.5. The molecule has 0 saturated heterocycles. The Bertz CT molecular complexity index is 344. The first-order valence-corrected chi connectivity index (χ1v) is 8.77. The van der Waals surface area contributed by atoms with Crippen molar-refractivity contribution in [3.63, 3.8) is 0 Å². The van der Waals surface area contributed by atoms with Crippen LogP contribution in [0.25, 0.3) is 0 Å². The summed E-state index contributed by atoms with van der Waals surface area (Å²) in [5, 5.41) is 18.4. The molecule has 0 heterocycles. The second-order valence-electron chi connectivity index (χ2n) is 6.25. The van der Waals surface area contributed by atoms with Crippen molar-refractivity contribution >= 4 is 11.9 Å². The van der Waals surface area contributed by atoms with Crippen LogP contribution in [0.4, 0.5) is 0 Å². The molecule has 0 fully saturated rings. The molecule has 0 radical (unpaired) electrons. The highest BCUT2D eigenvalue weighted by atomic mass is 16.4. The van der Waals surface area contributed by atoms with Crippen LogP contribution in [0.3, 0.4) is 0 Å². The number of aliphatic carboxylic acids is 1. The normalized spacial score (nSPS) is 13.4. The van der Waals surface area contributed by atoms with Crippen LogP contribution in [0, 0.1) is 5.92 Å². The van der Waals surface area contributed by atoms with E-state index in [-0.39, 0.29) is 24.3 Å². The lowest BCUT2D eigenvalue weighted by Crippen LogP contribution is -2.23. The molecule has 134 valence electrons. The van der Waals surface area contributed by atoms with Crippen molar-refractivity contribution in [3.8, 4) is 0 Å². The van der Waals surface area contributed by atoms with Gasteiger partial charge < -0.3 is 15.9 Å². The molecule has 2 unspecified atom stereocenters. The third kappa shape index (κ3) is 14.0. The lowest BCUT2D eigenvalue weighted by molar-refractivity contribution is -0.137. The van der Waals surface area contributed by atoms with Gasteiger partial charge in [-0.15, -0.1) is 6.58 Å². The van der Waals surface area contributed by atoms with Gasteiger partial charge >= 0.3 is 5.97 Å². The van der Waals surface area contributed by atoms with Crippen molar-refractivity contribution in [1.82, 2.24) is 0 Å². The number of amides is 1. The lowest BCUT2D eigenvalue weighted by Gasteiger charge is -2.15. The lowest BCUT2D eigenvalue weighted by atomic mass is 9.93. The zero-order valence-corrected chi connectivity index (χ0v) is 14.2. The predicted molar refractivity (Wildman–Crippen MR) is 91.9 cm³/mol. The molecule has 0 aliphatic heterocycles. The smallest absolute Gasteiger partial charge is 0.303 e. The molecule has 5 heteroatoms. The van der Waals surface area contributed by atoms with Crippen molar-refractivity contribution in [2.75, 3.05) is 0 Å². The quantitative estimate of drug-likeness (QED) is 0.299. The minimum Gasteiger partial charge on any atom is -0.481 e. The molecule has 2 atom stereocenters. The van der Waals surface area contributed by atoms with E-state index in [2.05, 4.69) is 6.58 Å². The maximum atomic E-state index is 11.5. The fourth-order valence-electron chi connectivity index (χ4n) is 2.69. The van der Waals surface area contributed by atoms with Crippen LogP contribution < -0.4 is 5.73 Å². The number of aliphatic hydroxyl groups excluding tert-OH is 1. The molecule has 0 aliphatic rings. The average molecular weight is 327 g/mol. The number of rotatable bonds is 16. The van der Waals surface area contributed by atoms with Gasteiger partial charge in [0.2, 0.25) is 5.91 Å². The van der Waals surface area contributed by atoms with Gasteiger partial charge in [0.05, 0.1) is 6.10 Å². The number of carbonyl (C=O) groups is 2. The molecule has 23 heavy (non-hydrogen) atoms. The number of carbonyl (C=O) groups excluding carboxylic acids is 1. The van der Waals surface area contributed by atoms with Gasteiger partial charge in [0.15, 0.2) is 0 Å². The number of unbranched alkanes of at least 4 members (excludes halogenated alkanes) is 4. The van der Waals surface area contributed by atoms with Crippen molar-refractivity contribution in [3.05, 3.63) is 12.7 Å². The minimum absolute atomic E-state index is 0.130. The molecule has 0 saturated carbocycles. The Labute approximate surface area is 140 Å². The van der Waals surface area contributed by atoms with E-state index in [9.17, 15) is 14.7 Å². The highest BCUT2D eigenvalue weighted by Gasteiger charge is 2.15. The number of allylic oxidation sites excluding steroid dienone is 1. The fraction of sp³-hybridized carbons (Fsp3) is 0.778. The predicted octanol–water partition coefficient (Wildman–Crippen LogP) is 3.40. The van der Waals surface area contributed by atoms with E-state index >= 15 is 0 Å². The first kappa shape index (κ1) is 21.6. The van der Waals surface area contributed by atoms with Gasteiger partial charge in [0.1, 0.15) is 0 Å². The van der Waals surface area contributed by atoms with Gasteiger partial charge in [0, 0.05) is 12.3 Å². The highest BCUT2D eigenvalue weighted by Crippen LogP contribution is 2.19. The largest absolute Gasteiger partial charge is 0.481 e. The number of primary amides is 1. The van der Waals surface area contributed by atoms with Crippen LogP contribution in [-0.4, -0.2) is 28.2 Å². The molecule has 0 spiro atoms. The summed E-state index contributed by atoms with van der Waals surface area (Å²) in [6.45, 7) is 3.66. The Hall–Kier alpha value is -1.36. The summed E-state index contributed by atoms with van der Waals surface area (Å²) in [6, 6.07) is 0. The summed E-state index contributed by atoms with van der Waals surface area (Å²) in [4.78, 5) is 21.9. The summed E-state index contributed by atoms with van der Waals surface area (Å²) in [6.07, 6.45) is 10.8. The second kappa shape index (κ2) is 14.2. The third-order valence-corrected chi connectivity index (χ3v) is 4.13. The molecule has 0 aliphatic carbocycles. The molecule has 5 nitrogen and oxygen atoms in total. The maximum Gasteiger partial charge on any atom is 0.303 e. The number of aliphatic hydroxyl groups is 1. The monoisotopic (exact) mass is 327 g/mol.